The molecule has 0 bridgehead atoms. The number of hydrogen-bond acceptors (Lipinski definition) is 4. The van der Waals surface area contributed by atoms with Crippen molar-refractivity contribution in [2.45, 2.75) is 6.18 Å². The molecule has 0 heterocycles. The predicted octanol–water partition coefficient (Wildman–Crippen LogP) is 2.96. The SMILES string of the molecule is C=CCOC(=O)c1ccc(C(F)(F)F)cc1[N+](=O)[O-]. The van der Waals surface area contributed by atoms with Crippen molar-refractivity contribution in [3.05, 3.63) is 52.1 Å². The van der Waals surface area contributed by atoms with Crippen LogP contribution >= 0.6 is 0 Å². The fraction of sp³-hybridized carbons (Fsp3) is 0.182. The highest BCUT2D eigenvalue weighted by Gasteiger charge is 2.34. The summed E-state index contributed by atoms with van der Waals surface area (Å²) in [7, 11) is 0. The first-order chi connectivity index (χ1) is 8.77. The van der Waals surface area contributed by atoms with Crippen molar-refractivity contribution >= 4 is 11.7 Å². The number of rotatable bonds is 4. The Balaban J connectivity index is 3.23. The number of esters is 1. The Kier molecular flexibility index (Phi) is 4.26. The van der Waals surface area contributed by atoms with E-state index >= 15 is 0 Å². The first-order valence-corrected chi connectivity index (χ1v) is 4.91. The summed E-state index contributed by atoms with van der Waals surface area (Å²) in [5, 5.41) is 10.7. The molecule has 5 nitrogen and oxygen atoms in total. The summed E-state index contributed by atoms with van der Waals surface area (Å²) in [5.74, 6) is -1.08. The molecule has 0 atom stereocenters. The van der Waals surface area contributed by atoms with Crippen LogP contribution in [0.15, 0.2) is 30.9 Å². The van der Waals surface area contributed by atoms with Crippen LogP contribution in [0.3, 0.4) is 0 Å². The standard InChI is InChI=1S/C11H8F3NO4/c1-2-5-19-10(16)8-4-3-7(11(12,13)14)6-9(8)15(17)18/h2-4,6H,1,5H2. The molecule has 1 aromatic carbocycles. The van der Waals surface area contributed by atoms with E-state index in [0.717, 1.165) is 0 Å². The zero-order valence-electron chi connectivity index (χ0n) is 9.44. The van der Waals surface area contributed by atoms with Crippen LogP contribution in [0.5, 0.6) is 0 Å². The molecule has 0 amide bonds. The molecule has 0 N–H and O–H groups in total. The summed E-state index contributed by atoms with van der Waals surface area (Å²) >= 11 is 0. The van der Waals surface area contributed by atoms with Crippen molar-refractivity contribution in [1.29, 1.82) is 0 Å². The van der Waals surface area contributed by atoms with E-state index < -0.39 is 33.9 Å². The Morgan fingerprint density at radius 2 is 2.11 bits per heavy atom. The average molecular weight is 275 g/mol. The Hall–Kier alpha value is -2.38. The molecule has 0 aliphatic carbocycles. The molecule has 1 rings (SSSR count). The second-order valence-electron chi connectivity index (χ2n) is 3.37. The number of halogens is 3. The Morgan fingerprint density at radius 1 is 1.47 bits per heavy atom. The lowest BCUT2D eigenvalue weighted by atomic mass is 10.1. The molecule has 0 spiro atoms. The van der Waals surface area contributed by atoms with Crippen LogP contribution in [0.1, 0.15) is 15.9 Å². The number of alkyl halides is 3. The molecule has 102 valence electrons. The number of carbonyl (C=O) groups is 1. The van der Waals surface area contributed by atoms with E-state index in [1.165, 1.54) is 6.08 Å². The van der Waals surface area contributed by atoms with Crippen molar-refractivity contribution in [2.24, 2.45) is 0 Å². The third kappa shape index (κ3) is 3.54. The fourth-order valence-electron chi connectivity index (χ4n) is 1.24. The highest BCUT2D eigenvalue weighted by Crippen LogP contribution is 2.33. The summed E-state index contributed by atoms with van der Waals surface area (Å²) in [5.41, 5.74) is -2.71. The molecule has 0 saturated carbocycles. The monoisotopic (exact) mass is 275 g/mol. The lowest BCUT2D eigenvalue weighted by Crippen LogP contribution is -2.11. The summed E-state index contributed by atoms with van der Waals surface area (Å²) in [6.45, 7) is 3.07. The molecular weight excluding hydrogens is 267 g/mol. The van der Waals surface area contributed by atoms with E-state index in [-0.39, 0.29) is 6.61 Å². The number of carbonyl (C=O) groups excluding carboxylic acids is 1. The molecule has 0 aliphatic heterocycles. The molecule has 0 aromatic heterocycles. The maximum Gasteiger partial charge on any atom is 0.416 e. The van der Waals surface area contributed by atoms with Crippen LogP contribution < -0.4 is 0 Å². The van der Waals surface area contributed by atoms with Gasteiger partial charge in [0.05, 0.1) is 10.5 Å². The smallest absolute Gasteiger partial charge is 0.416 e. The maximum atomic E-state index is 12.4. The number of nitro groups is 1. The fourth-order valence-corrected chi connectivity index (χ4v) is 1.24. The van der Waals surface area contributed by atoms with Crippen LogP contribution in [0.2, 0.25) is 0 Å². The Labute approximate surface area is 105 Å². The number of nitro benzene ring substituents is 1. The minimum Gasteiger partial charge on any atom is -0.458 e. The van der Waals surface area contributed by atoms with Crippen LogP contribution in [0.4, 0.5) is 18.9 Å². The van der Waals surface area contributed by atoms with Crippen molar-refractivity contribution < 1.29 is 27.6 Å². The van der Waals surface area contributed by atoms with Gasteiger partial charge in [-0.25, -0.2) is 4.79 Å². The van der Waals surface area contributed by atoms with Gasteiger partial charge in [-0.2, -0.15) is 13.2 Å². The summed E-state index contributed by atoms with van der Waals surface area (Å²) in [6, 6.07) is 1.59. The summed E-state index contributed by atoms with van der Waals surface area (Å²) in [6.07, 6.45) is -3.50. The lowest BCUT2D eigenvalue weighted by Gasteiger charge is -2.08. The van der Waals surface area contributed by atoms with E-state index in [1.54, 1.807) is 0 Å². The van der Waals surface area contributed by atoms with Gasteiger partial charge in [0.2, 0.25) is 0 Å². The van der Waals surface area contributed by atoms with Gasteiger partial charge in [0.25, 0.3) is 5.69 Å². The summed E-state index contributed by atoms with van der Waals surface area (Å²) in [4.78, 5) is 21.1. The normalized spacial score (nSPS) is 10.9. The zero-order chi connectivity index (χ0) is 14.6. The molecule has 8 heteroatoms. The first-order valence-electron chi connectivity index (χ1n) is 4.91. The Bertz CT molecular complexity index is 525. The topological polar surface area (TPSA) is 69.4 Å². The summed E-state index contributed by atoms with van der Waals surface area (Å²) < 4.78 is 41.8. The third-order valence-corrected chi connectivity index (χ3v) is 2.07. The molecular formula is C11H8F3NO4. The molecule has 0 aliphatic rings. The molecule has 0 unspecified atom stereocenters. The minimum atomic E-state index is -4.73. The highest BCUT2D eigenvalue weighted by molar-refractivity contribution is 5.94. The van der Waals surface area contributed by atoms with Gasteiger partial charge >= 0.3 is 12.1 Å². The highest BCUT2D eigenvalue weighted by atomic mass is 19.4. The number of nitrogens with zero attached hydrogens (tertiary/aromatic N) is 1. The van der Waals surface area contributed by atoms with Crippen molar-refractivity contribution in [3.63, 3.8) is 0 Å². The zero-order valence-corrected chi connectivity index (χ0v) is 9.44. The van der Waals surface area contributed by atoms with Crippen LogP contribution in [-0.2, 0) is 10.9 Å². The largest absolute Gasteiger partial charge is 0.458 e. The van der Waals surface area contributed by atoms with Crippen LogP contribution in [0.25, 0.3) is 0 Å². The van der Waals surface area contributed by atoms with E-state index in [1.807, 2.05) is 0 Å². The van der Waals surface area contributed by atoms with Gasteiger partial charge in [0.15, 0.2) is 0 Å². The quantitative estimate of drug-likeness (QED) is 0.366. The minimum absolute atomic E-state index is 0.197. The van der Waals surface area contributed by atoms with Gasteiger partial charge in [-0.3, -0.25) is 10.1 Å². The van der Waals surface area contributed by atoms with E-state index in [4.69, 9.17) is 0 Å². The average Bonchev–Trinajstić information content (AvgIpc) is 2.34. The van der Waals surface area contributed by atoms with Crippen molar-refractivity contribution in [2.75, 3.05) is 6.61 Å². The van der Waals surface area contributed by atoms with Gasteiger partial charge in [0.1, 0.15) is 12.2 Å². The lowest BCUT2D eigenvalue weighted by molar-refractivity contribution is -0.385. The first kappa shape index (κ1) is 14.7. The van der Waals surface area contributed by atoms with Gasteiger partial charge in [-0.05, 0) is 12.1 Å². The van der Waals surface area contributed by atoms with Gasteiger partial charge < -0.3 is 4.74 Å². The predicted molar refractivity (Wildman–Crippen MR) is 58.6 cm³/mol. The van der Waals surface area contributed by atoms with Crippen molar-refractivity contribution in [1.82, 2.24) is 0 Å². The van der Waals surface area contributed by atoms with Gasteiger partial charge in [-0.15, -0.1) is 0 Å². The molecule has 0 radical (unpaired) electrons. The van der Waals surface area contributed by atoms with Gasteiger partial charge in [-0.1, -0.05) is 12.7 Å². The van der Waals surface area contributed by atoms with E-state index in [2.05, 4.69) is 11.3 Å². The number of benzene rings is 1. The second-order valence-corrected chi connectivity index (χ2v) is 3.37. The van der Waals surface area contributed by atoms with E-state index in [9.17, 15) is 28.1 Å². The van der Waals surface area contributed by atoms with Crippen molar-refractivity contribution in [3.8, 4) is 0 Å². The van der Waals surface area contributed by atoms with Crippen LogP contribution in [0, 0.1) is 10.1 Å². The molecule has 1 aromatic rings. The number of hydrogen-bond donors (Lipinski definition) is 0. The maximum absolute atomic E-state index is 12.4. The molecule has 19 heavy (non-hydrogen) atoms. The molecule has 0 saturated heterocycles. The van der Waals surface area contributed by atoms with Gasteiger partial charge in [0, 0.05) is 6.07 Å². The number of ether oxygens (including phenoxy) is 1. The second kappa shape index (κ2) is 5.51. The van der Waals surface area contributed by atoms with E-state index in [0.29, 0.717) is 18.2 Å². The van der Waals surface area contributed by atoms with Crippen LogP contribution in [-0.4, -0.2) is 17.5 Å². The third-order valence-electron chi connectivity index (χ3n) is 2.07. The molecule has 0 fully saturated rings. The Morgan fingerprint density at radius 3 is 2.58 bits per heavy atom.